The molecule has 7 heteroatoms. The lowest BCUT2D eigenvalue weighted by Gasteiger charge is -2.38. The first-order chi connectivity index (χ1) is 9.02. The highest BCUT2D eigenvalue weighted by atomic mass is 35.5. The number of pyridine rings is 1. The third-order valence-electron chi connectivity index (χ3n) is 3.29. The number of rotatable bonds is 2. The largest absolute Gasteiger partial charge is 0.332 e. The van der Waals surface area contributed by atoms with Crippen molar-refractivity contribution in [3.8, 4) is 0 Å². The van der Waals surface area contributed by atoms with E-state index in [0.29, 0.717) is 17.4 Å². The number of nitrogens with zero attached hydrogens (tertiary/aromatic N) is 3. The summed E-state index contributed by atoms with van der Waals surface area (Å²) in [6.07, 6.45) is 0. The van der Waals surface area contributed by atoms with Crippen LogP contribution in [0.1, 0.15) is 17.4 Å². The first-order valence-corrected chi connectivity index (χ1v) is 6.53. The van der Waals surface area contributed by atoms with Crippen molar-refractivity contribution in [3.63, 3.8) is 0 Å². The number of aromatic nitrogens is 1. The van der Waals surface area contributed by atoms with Crippen LogP contribution in [0.5, 0.6) is 0 Å². The zero-order valence-electron chi connectivity index (χ0n) is 11.1. The number of likely N-dealkylation sites (N-methyl/N-ethyl adjacent to an activating group) is 1. The van der Waals surface area contributed by atoms with Crippen LogP contribution in [-0.4, -0.2) is 53.4 Å². The van der Waals surface area contributed by atoms with Gasteiger partial charge in [-0.05, 0) is 26.1 Å². The average molecular weight is 284 g/mol. The predicted octanol–water partition coefficient (Wildman–Crippen LogP) is 0.797. The lowest BCUT2D eigenvalue weighted by molar-refractivity contribution is 0.0528. The topological polar surface area (TPSA) is 74.5 Å². The minimum atomic E-state index is -0.150. The molecule has 2 rings (SSSR count). The van der Waals surface area contributed by atoms with Crippen LogP contribution >= 0.6 is 11.6 Å². The zero-order valence-corrected chi connectivity index (χ0v) is 11.8. The molecule has 1 aliphatic heterocycles. The second-order valence-electron chi connectivity index (χ2n) is 4.78. The summed E-state index contributed by atoms with van der Waals surface area (Å²) in [5.41, 5.74) is 2.67. The van der Waals surface area contributed by atoms with Gasteiger partial charge in [-0.15, -0.1) is 0 Å². The van der Waals surface area contributed by atoms with Gasteiger partial charge in [0.25, 0.3) is 5.91 Å². The van der Waals surface area contributed by atoms with Gasteiger partial charge in [0.05, 0.1) is 5.02 Å². The van der Waals surface area contributed by atoms with E-state index in [-0.39, 0.29) is 17.6 Å². The summed E-state index contributed by atoms with van der Waals surface area (Å²) in [6, 6.07) is 3.39. The Bertz CT molecular complexity index is 481. The normalized spacial score (nSPS) is 20.4. The Morgan fingerprint density at radius 1 is 1.53 bits per heavy atom. The van der Waals surface area contributed by atoms with Crippen LogP contribution in [0.25, 0.3) is 0 Å². The molecule has 0 spiro atoms. The molecule has 104 valence electrons. The van der Waals surface area contributed by atoms with E-state index < -0.39 is 0 Å². The number of hydrogen-bond donors (Lipinski definition) is 2. The number of nitrogen functional groups attached to an aromatic ring is 1. The monoisotopic (exact) mass is 283 g/mol. The van der Waals surface area contributed by atoms with Crippen LogP contribution in [0, 0.1) is 0 Å². The van der Waals surface area contributed by atoms with Crippen LogP contribution in [0.3, 0.4) is 0 Å². The predicted molar refractivity (Wildman–Crippen MR) is 75.1 cm³/mol. The van der Waals surface area contributed by atoms with Crippen molar-refractivity contribution < 1.29 is 4.79 Å². The molecule has 0 aromatic carbocycles. The number of halogens is 1. The van der Waals surface area contributed by atoms with Crippen molar-refractivity contribution in [2.24, 2.45) is 5.84 Å². The summed E-state index contributed by atoms with van der Waals surface area (Å²) >= 11 is 6.05. The quantitative estimate of drug-likeness (QED) is 0.620. The maximum atomic E-state index is 12.5. The summed E-state index contributed by atoms with van der Waals surface area (Å²) in [6.45, 7) is 4.39. The molecule has 1 atom stereocenters. The van der Waals surface area contributed by atoms with E-state index in [2.05, 4.69) is 15.3 Å². The Hall–Kier alpha value is -1.37. The fourth-order valence-corrected chi connectivity index (χ4v) is 2.44. The molecule has 0 saturated carbocycles. The molecule has 1 unspecified atom stereocenters. The molecule has 1 amide bonds. The summed E-state index contributed by atoms with van der Waals surface area (Å²) in [7, 11) is 2.04. The van der Waals surface area contributed by atoms with Gasteiger partial charge in [0.15, 0.2) is 0 Å². The second-order valence-corrected chi connectivity index (χ2v) is 5.19. The molecular weight excluding hydrogens is 266 g/mol. The molecule has 0 aliphatic carbocycles. The van der Waals surface area contributed by atoms with Crippen LogP contribution in [0.15, 0.2) is 12.1 Å². The van der Waals surface area contributed by atoms with Crippen molar-refractivity contribution >= 4 is 23.3 Å². The highest BCUT2D eigenvalue weighted by Gasteiger charge is 2.28. The van der Waals surface area contributed by atoms with Crippen LogP contribution in [-0.2, 0) is 0 Å². The number of hydrogen-bond acceptors (Lipinski definition) is 5. The number of amides is 1. The number of nitrogens with two attached hydrogens (primary N) is 1. The highest BCUT2D eigenvalue weighted by molar-refractivity contribution is 6.33. The van der Waals surface area contributed by atoms with Gasteiger partial charge in [0.2, 0.25) is 0 Å². The van der Waals surface area contributed by atoms with E-state index in [1.807, 2.05) is 14.0 Å². The van der Waals surface area contributed by atoms with Crippen molar-refractivity contribution in [1.29, 1.82) is 0 Å². The van der Waals surface area contributed by atoms with Crippen LogP contribution < -0.4 is 11.3 Å². The molecule has 1 aromatic heterocycles. The molecule has 0 bridgehead atoms. The maximum Gasteiger partial charge on any atom is 0.274 e. The van der Waals surface area contributed by atoms with Crippen LogP contribution in [0.4, 0.5) is 5.82 Å². The van der Waals surface area contributed by atoms with Crippen molar-refractivity contribution in [2.45, 2.75) is 13.0 Å². The molecule has 2 heterocycles. The van der Waals surface area contributed by atoms with Gasteiger partial charge in [-0.1, -0.05) is 11.6 Å². The Labute approximate surface area is 117 Å². The Morgan fingerprint density at radius 3 is 2.89 bits per heavy atom. The third kappa shape index (κ3) is 2.97. The summed E-state index contributed by atoms with van der Waals surface area (Å²) in [5.74, 6) is 5.58. The maximum absolute atomic E-state index is 12.5. The molecular formula is C12H18ClN5O. The SMILES string of the molecule is CC1CN(C)CCN1C(=O)c1nc(NN)ccc1Cl. The van der Waals surface area contributed by atoms with Crippen LogP contribution in [0.2, 0.25) is 5.02 Å². The Kier molecular flexibility index (Phi) is 4.24. The smallest absolute Gasteiger partial charge is 0.274 e. The average Bonchev–Trinajstić information content (AvgIpc) is 2.38. The number of hydrazine groups is 1. The molecule has 1 fully saturated rings. The van der Waals surface area contributed by atoms with E-state index in [1.165, 1.54) is 0 Å². The van der Waals surface area contributed by atoms with Crippen molar-refractivity contribution in [2.75, 3.05) is 32.1 Å². The van der Waals surface area contributed by atoms with Gasteiger partial charge >= 0.3 is 0 Å². The van der Waals surface area contributed by atoms with Gasteiger partial charge < -0.3 is 15.2 Å². The lowest BCUT2D eigenvalue weighted by Crippen LogP contribution is -2.52. The first-order valence-electron chi connectivity index (χ1n) is 6.15. The number of carbonyl (C=O) groups is 1. The Balaban J connectivity index is 2.24. The zero-order chi connectivity index (χ0) is 14.0. The molecule has 0 radical (unpaired) electrons. The Morgan fingerprint density at radius 2 is 2.26 bits per heavy atom. The summed E-state index contributed by atoms with van der Waals surface area (Å²) in [5, 5.41) is 0.343. The van der Waals surface area contributed by atoms with Gasteiger partial charge in [-0.2, -0.15) is 0 Å². The van der Waals surface area contributed by atoms with E-state index >= 15 is 0 Å². The van der Waals surface area contributed by atoms with E-state index in [9.17, 15) is 4.79 Å². The standard InChI is InChI=1S/C12H18ClN5O/c1-8-7-17(2)5-6-18(8)12(19)11-9(13)3-4-10(15-11)16-14/h3-4,8H,5-7,14H2,1-2H3,(H,15,16). The number of nitrogens with one attached hydrogen (secondary N) is 1. The van der Waals surface area contributed by atoms with E-state index in [0.717, 1.165) is 13.1 Å². The van der Waals surface area contributed by atoms with Crippen molar-refractivity contribution in [1.82, 2.24) is 14.8 Å². The minimum Gasteiger partial charge on any atom is -0.332 e. The molecule has 19 heavy (non-hydrogen) atoms. The minimum absolute atomic E-state index is 0.138. The molecule has 6 nitrogen and oxygen atoms in total. The van der Waals surface area contributed by atoms with Crippen molar-refractivity contribution in [3.05, 3.63) is 22.8 Å². The van der Waals surface area contributed by atoms with Gasteiger partial charge in [0.1, 0.15) is 11.5 Å². The van der Waals surface area contributed by atoms with Gasteiger partial charge in [-0.3, -0.25) is 4.79 Å². The van der Waals surface area contributed by atoms with E-state index in [1.54, 1.807) is 17.0 Å². The molecule has 3 N–H and O–H groups in total. The highest BCUT2D eigenvalue weighted by Crippen LogP contribution is 2.20. The number of piperazine rings is 1. The number of carbonyl (C=O) groups excluding carboxylic acids is 1. The molecule has 1 aliphatic rings. The fourth-order valence-electron chi connectivity index (χ4n) is 2.25. The lowest BCUT2D eigenvalue weighted by atomic mass is 10.1. The van der Waals surface area contributed by atoms with E-state index in [4.69, 9.17) is 17.4 Å². The fraction of sp³-hybridized carbons (Fsp3) is 0.500. The second kappa shape index (κ2) is 5.73. The summed E-state index contributed by atoms with van der Waals surface area (Å²) in [4.78, 5) is 20.6. The molecule has 1 saturated heterocycles. The molecule has 1 aromatic rings. The van der Waals surface area contributed by atoms with Gasteiger partial charge in [-0.25, -0.2) is 10.8 Å². The third-order valence-corrected chi connectivity index (χ3v) is 3.59. The van der Waals surface area contributed by atoms with Gasteiger partial charge in [0, 0.05) is 25.7 Å². The summed E-state index contributed by atoms with van der Waals surface area (Å²) < 4.78 is 0. The number of anilines is 1. The first kappa shape index (κ1) is 14.0.